The third kappa shape index (κ3) is 3.53. The minimum Gasteiger partial charge on any atom is -0.0892 e. The highest BCUT2D eigenvalue weighted by Crippen LogP contribution is 2.62. The molecule has 2 aliphatic rings. The zero-order valence-corrected chi connectivity index (χ0v) is 16.5. The smallest absolute Gasteiger partial charge is 0.0881 e. The SMILES string of the molecule is ClC1=CCC(Br)CC1Cc1ccc(C2CC2(Br)Br)cc1. The van der Waals surface area contributed by atoms with E-state index in [0.29, 0.717) is 16.7 Å². The van der Waals surface area contributed by atoms with Gasteiger partial charge in [-0.05, 0) is 42.7 Å². The molecule has 0 radical (unpaired) electrons. The highest BCUT2D eigenvalue weighted by Gasteiger charge is 2.50. The molecular weight excluding hydrogens is 467 g/mol. The number of rotatable bonds is 3. The Bertz CT molecular complexity index is 521. The maximum absolute atomic E-state index is 6.35. The van der Waals surface area contributed by atoms with E-state index in [-0.39, 0.29) is 3.23 Å². The van der Waals surface area contributed by atoms with Gasteiger partial charge in [0.25, 0.3) is 0 Å². The molecule has 3 rings (SSSR count). The molecule has 2 aliphatic carbocycles. The molecule has 3 atom stereocenters. The van der Waals surface area contributed by atoms with Crippen molar-refractivity contribution in [3.8, 4) is 0 Å². The van der Waals surface area contributed by atoms with Crippen molar-refractivity contribution in [2.45, 2.75) is 39.7 Å². The number of benzene rings is 1. The van der Waals surface area contributed by atoms with E-state index in [4.69, 9.17) is 11.6 Å². The number of halogens is 4. The average Bonchev–Trinajstić information content (AvgIpc) is 3.04. The van der Waals surface area contributed by atoms with E-state index in [1.807, 2.05) is 0 Å². The van der Waals surface area contributed by atoms with Gasteiger partial charge in [0.1, 0.15) is 0 Å². The van der Waals surface area contributed by atoms with Crippen LogP contribution in [0.4, 0.5) is 0 Å². The summed E-state index contributed by atoms with van der Waals surface area (Å²) in [5, 5.41) is 1.03. The first-order valence-electron chi connectivity index (χ1n) is 6.92. The fourth-order valence-electron chi connectivity index (χ4n) is 2.85. The molecule has 0 spiro atoms. The molecule has 0 aliphatic heterocycles. The molecule has 3 unspecified atom stereocenters. The summed E-state index contributed by atoms with van der Waals surface area (Å²) >= 11 is 17.4. The summed E-state index contributed by atoms with van der Waals surface area (Å²) in [6, 6.07) is 9.03. The van der Waals surface area contributed by atoms with E-state index in [1.165, 1.54) is 11.1 Å². The molecule has 20 heavy (non-hydrogen) atoms. The molecule has 1 saturated carbocycles. The van der Waals surface area contributed by atoms with Crippen LogP contribution in [0.3, 0.4) is 0 Å². The number of hydrogen-bond acceptors (Lipinski definition) is 0. The molecule has 0 nitrogen and oxygen atoms in total. The Kier molecular flexibility index (Phi) is 4.72. The van der Waals surface area contributed by atoms with Crippen LogP contribution in [-0.4, -0.2) is 8.06 Å². The van der Waals surface area contributed by atoms with Crippen LogP contribution in [0.25, 0.3) is 0 Å². The third-order valence-electron chi connectivity index (χ3n) is 4.19. The fraction of sp³-hybridized carbons (Fsp3) is 0.500. The first-order valence-corrected chi connectivity index (χ1v) is 9.80. The second-order valence-corrected chi connectivity index (χ2v) is 11.4. The minimum absolute atomic E-state index is 0.139. The number of hydrogen-bond donors (Lipinski definition) is 0. The summed E-state index contributed by atoms with van der Waals surface area (Å²) in [6.45, 7) is 0. The van der Waals surface area contributed by atoms with Crippen molar-refractivity contribution in [3.05, 3.63) is 46.5 Å². The maximum Gasteiger partial charge on any atom is 0.0881 e. The topological polar surface area (TPSA) is 0 Å². The number of alkyl halides is 3. The van der Waals surface area contributed by atoms with Crippen molar-refractivity contribution in [3.63, 3.8) is 0 Å². The molecule has 0 amide bonds. The Labute approximate surface area is 150 Å². The summed E-state index contributed by atoms with van der Waals surface area (Å²) in [7, 11) is 0. The van der Waals surface area contributed by atoms with Crippen molar-refractivity contribution < 1.29 is 0 Å². The molecule has 0 heterocycles. The van der Waals surface area contributed by atoms with E-state index >= 15 is 0 Å². The van der Waals surface area contributed by atoms with E-state index in [9.17, 15) is 0 Å². The molecule has 1 fully saturated rings. The number of allylic oxidation sites excluding steroid dienone is 2. The van der Waals surface area contributed by atoms with Gasteiger partial charge in [0, 0.05) is 15.8 Å². The van der Waals surface area contributed by atoms with E-state index in [1.54, 1.807) is 0 Å². The van der Waals surface area contributed by atoms with Gasteiger partial charge in [0.2, 0.25) is 0 Å². The predicted molar refractivity (Wildman–Crippen MR) is 97.5 cm³/mol. The molecule has 108 valence electrons. The molecule has 1 aromatic rings. The summed E-state index contributed by atoms with van der Waals surface area (Å²) in [6.07, 6.45) is 6.54. The van der Waals surface area contributed by atoms with Crippen molar-refractivity contribution in [1.29, 1.82) is 0 Å². The van der Waals surface area contributed by atoms with Crippen molar-refractivity contribution in [1.82, 2.24) is 0 Å². The molecule has 0 bridgehead atoms. The van der Waals surface area contributed by atoms with Crippen LogP contribution in [0.5, 0.6) is 0 Å². The monoisotopic (exact) mass is 480 g/mol. The van der Waals surface area contributed by atoms with E-state index < -0.39 is 0 Å². The summed E-state index contributed by atoms with van der Waals surface area (Å²) in [5.74, 6) is 1.06. The standard InChI is InChI=1S/C16H16Br3Cl/c17-13-5-6-15(20)12(8-13)7-10-1-3-11(4-2-10)14-9-16(14,18)19/h1-4,6,12-14H,5,7-9H2. The average molecular weight is 483 g/mol. The second kappa shape index (κ2) is 6.06. The lowest BCUT2D eigenvalue weighted by Gasteiger charge is -2.24. The zero-order chi connectivity index (χ0) is 14.3. The van der Waals surface area contributed by atoms with Gasteiger partial charge in [-0.25, -0.2) is 0 Å². The molecule has 1 aromatic carbocycles. The third-order valence-corrected chi connectivity index (χ3v) is 7.15. The predicted octanol–water partition coefficient (Wildman–Crippen LogP) is 6.50. The summed E-state index contributed by atoms with van der Waals surface area (Å²) in [4.78, 5) is 0.572. The molecular formula is C16H16Br3Cl. The minimum atomic E-state index is 0.139. The molecule has 0 aromatic heterocycles. The van der Waals surface area contributed by atoms with Gasteiger partial charge in [-0.15, -0.1) is 0 Å². The van der Waals surface area contributed by atoms with Crippen LogP contribution >= 0.6 is 59.4 Å². The first-order chi connectivity index (χ1) is 9.45. The van der Waals surface area contributed by atoms with Crippen LogP contribution in [0.2, 0.25) is 0 Å². The van der Waals surface area contributed by atoms with Gasteiger partial charge in [-0.3, -0.25) is 0 Å². The van der Waals surface area contributed by atoms with Crippen molar-refractivity contribution >= 4 is 59.4 Å². The van der Waals surface area contributed by atoms with Crippen LogP contribution in [0, 0.1) is 5.92 Å². The van der Waals surface area contributed by atoms with Gasteiger partial charge >= 0.3 is 0 Å². The summed E-state index contributed by atoms with van der Waals surface area (Å²) < 4.78 is 0.139. The van der Waals surface area contributed by atoms with Crippen LogP contribution in [0.1, 0.15) is 36.3 Å². The van der Waals surface area contributed by atoms with Crippen LogP contribution < -0.4 is 0 Å². The Morgan fingerprint density at radius 1 is 1.20 bits per heavy atom. The lowest BCUT2D eigenvalue weighted by Crippen LogP contribution is -2.15. The van der Waals surface area contributed by atoms with Gasteiger partial charge < -0.3 is 0 Å². The van der Waals surface area contributed by atoms with Crippen LogP contribution in [-0.2, 0) is 6.42 Å². The molecule has 0 saturated heterocycles. The fourth-order valence-corrected chi connectivity index (χ4v) is 4.92. The quantitative estimate of drug-likeness (QED) is 0.431. The van der Waals surface area contributed by atoms with Gasteiger partial charge in [-0.1, -0.05) is 89.7 Å². The maximum atomic E-state index is 6.35. The van der Waals surface area contributed by atoms with Crippen molar-refractivity contribution in [2.75, 3.05) is 0 Å². The Hall–Kier alpha value is 0.690. The lowest BCUT2D eigenvalue weighted by atomic mass is 9.89. The van der Waals surface area contributed by atoms with Crippen LogP contribution in [0.15, 0.2) is 35.4 Å². The second-order valence-electron chi connectivity index (χ2n) is 5.82. The van der Waals surface area contributed by atoms with Gasteiger partial charge in [0.15, 0.2) is 0 Å². The lowest BCUT2D eigenvalue weighted by molar-refractivity contribution is 0.543. The summed E-state index contributed by atoms with van der Waals surface area (Å²) in [5.41, 5.74) is 2.79. The first kappa shape index (κ1) is 15.6. The Morgan fingerprint density at radius 3 is 2.45 bits per heavy atom. The molecule has 0 N–H and O–H groups in total. The highest BCUT2D eigenvalue weighted by molar-refractivity contribution is 9.25. The van der Waals surface area contributed by atoms with Gasteiger partial charge in [0.05, 0.1) is 3.23 Å². The van der Waals surface area contributed by atoms with Gasteiger partial charge in [-0.2, -0.15) is 0 Å². The largest absolute Gasteiger partial charge is 0.0892 e. The van der Waals surface area contributed by atoms with Crippen molar-refractivity contribution in [2.24, 2.45) is 5.92 Å². The zero-order valence-electron chi connectivity index (χ0n) is 11.0. The Morgan fingerprint density at radius 2 is 1.85 bits per heavy atom. The highest BCUT2D eigenvalue weighted by atomic mass is 79.9. The normalized spacial score (nSPS) is 31.8. The van der Waals surface area contributed by atoms with E-state index in [2.05, 4.69) is 78.1 Å². The molecule has 4 heteroatoms. The van der Waals surface area contributed by atoms with E-state index in [0.717, 1.165) is 30.7 Å². The Balaban J connectivity index is 1.67.